The predicted molar refractivity (Wildman–Crippen MR) is 239 cm³/mol. The largest absolute Gasteiger partial charge is 0.313 e. The van der Waals surface area contributed by atoms with Crippen LogP contribution in [0.5, 0.6) is 0 Å². The highest BCUT2D eigenvalue weighted by Gasteiger charge is 2.36. The lowest BCUT2D eigenvalue weighted by Crippen LogP contribution is -2.27. The van der Waals surface area contributed by atoms with Crippen LogP contribution in [0.25, 0.3) is 90.0 Å². The Morgan fingerprint density at radius 1 is 0.786 bits per heavy atom. The van der Waals surface area contributed by atoms with Crippen LogP contribution in [0.3, 0.4) is 0 Å². The van der Waals surface area contributed by atoms with Crippen LogP contribution in [-0.2, 0) is 11.8 Å². The van der Waals surface area contributed by atoms with Crippen LogP contribution < -0.4 is 10.6 Å². The van der Waals surface area contributed by atoms with Crippen LogP contribution in [-0.4, -0.2) is 18.9 Å². The molecule has 2 aliphatic rings. The SMILES string of the molecule is C=C/C=c1/cc2c(n/c1=C/C)c1ccc(-c3cccc(-n4c5c(c6cc7c(cc64)C(C)(C)C(C=C)=C7/C=C\C)C=CC=CC5)c3)cc1n1c3ccccc3nc21. The lowest BCUT2D eigenvalue weighted by atomic mass is 9.81. The third kappa shape index (κ3) is 4.78. The molecular formula is C52H42N4. The number of fused-ring (bicyclic) bond motifs is 12. The fourth-order valence-electron chi connectivity index (χ4n) is 9.36. The molecule has 0 spiro atoms. The number of hydrogen-bond acceptors (Lipinski definition) is 2. The number of hydrogen-bond donors (Lipinski definition) is 0. The molecule has 2 aliphatic carbocycles. The van der Waals surface area contributed by atoms with E-state index in [2.05, 4.69) is 170 Å². The first-order valence-corrected chi connectivity index (χ1v) is 19.4. The molecule has 4 heteroatoms. The van der Waals surface area contributed by atoms with Gasteiger partial charge in [-0.3, -0.25) is 4.40 Å². The molecule has 4 aromatic carbocycles. The minimum absolute atomic E-state index is 0.168. The van der Waals surface area contributed by atoms with E-state index in [0.717, 1.165) is 72.3 Å². The van der Waals surface area contributed by atoms with Gasteiger partial charge in [0.05, 0.1) is 32.9 Å². The van der Waals surface area contributed by atoms with E-state index in [-0.39, 0.29) is 5.41 Å². The maximum absolute atomic E-state index is 5.23. The monoisotopic (exact) mass is 722 g/mol. The summed E-state index contributed by atoms with van der Waals surface area (Å²) in [6.45, 7) is 17.0. The first-order valence-electron chi connectivity index (χ1n) is 19.4. The first-order chi connectivity index (χ1) is 27.4. The zero-order valence-electron chi connectivity index (χ0n) is 32.3. The third-order valence-corrected chi connectivity index (χ3v) is 11.9. The summed E-state index contributed by atoms with van der Waals surface area (Å²) in [7, 11) is 0. The number of benzene rings is 4. The van der Waals surface area contributed by atoms with Crippen LogP contribution >= 0.6 is 0 Å². The van der Waals surface area contributed by atoms with Crippen LogP contribution in [0.2, 0.25) is 0 Å². The van der Waals surface area contributed by atoms with E-state index in [1.54, 1.807) is 0 Å². The molecule has 0 amide bonds. The van der Waals surface area contributed by atoms with Crippen LogP contribution in [0.1, 0.15) is 50.1 Å². The molecule has 0 radical (unpaired) electrons. The number of pyridine rings is 2. The van der Waals surface area contributed by atoms with Gasteiger partial charge < -0.3 is 4.57 Å². The van der Waals surface area contributed by atoms with E-state index in [4.69, 9.17) is 9.97 Å². The topological polar surface area (TPSA) is 35.1 Å². The van der Waals surface area contributed by atoms with Crippen LogP contribution in [0.4, 0.5) is 0 Å². The van der Waals surface area contributed by atoms with Gasteiger partial charge in [-0.1, -0.05) is 124 Å². The fourth-order valence-corrected chi connectivity index (χ4v) is 9.36. The molecule has 0 saturated carbocycles. The summed E-state index contributed by atoms with van der Waals surface area (Å²) in [5.74, 6) is 0. The van der Waals surface area contributed by atoms with E-state index in [9.17, 15) is 0 Å². The summed E-state index contributed by atoms with van der Waals surface area (Å²) in [6, 6.07) is 31.3. The Kier molecular flexibility index (Phi) is 7.62. The van der Waals surface area contributed by atoms with Crippen molar-refractivity contribution in [3.8, 4) is 16.8 Å². The molecule has 0 bridgehead atoms. The predicted octanol–water partition coefficient (Wildman–Crippen LogP) is 11.5. The Morgan fingerprint density at radius 2 is 1.64 bits per heavy atom. The molecule has 0 saturated heterocycles. The van der Waals surface area contributed by atoms with Gasteiger partial charge in [0.15, 0.2) is 0 Å². The highest BCUT2D eigenvalue weighted by atomic mass is 15.0. The molecule has 0 atom stereocenters. The Bertz CT molecular complexity index is 3300. The number of rotatable bonds is 5. The van der Waals surface area contributed by atoms with Crippen molar-refractivity contribution in [2.45, 2.75) is 39.5 Å². The molecule has 8 aromatic rings. The summed E-state index contributed by atoms with van der Waals surface area (Å²) in [6.07, 6.45) is 22.1. The van der Waals surface area contributed by atoms with Gasteiger partial charge in [-0.2, -0.15) is 0 Å². The number of imidazole rings is 1. The lowest BCUT2D eigenvalue weighted by Gasteiger charge is -2.23. The van der Waals surface area contributed by atoms with Gasteiger partial charge >= 0.3 is 0 Å². The third-order valence-electron chi connectivity index (χ3n) is 11.9. The summed E-state index contributed by atoms with van der Waals surface area (Å²) < 4.78 is 4.80. The van der Waals surface area contributed by atoms with E-state index in [0.29, 0.717) is 0 Å². The number of nitrogens with zero attached hydrogens (tertiary/aromatic N) is 4. The van der Waals surface area contributed by atoms with Crippen LogP contribution in [0.15, 0.2) is 146 Å². The van der Waals surface area contributed by atoms with Crippen molar-refractivity contribution in [1.29, 1.82) is 0 Å². The van der Waals surface area contributed by atoms with Crippen molar-refractivity contribution >= 4 is 73.2 Å². The van der Waals surface area contributed by atoms with Crippen molar-refractivity contribution < 1.29 is 0 Å². The summed E-state index contributed by atoms with van der Waals surface area (Å²) in [4.78, 5) is 10.4. The molecule has 4 heterocycles. The maximum atomic E-state index is 5.23. The normalized spacial score (nSPS) is 15.6. The molecule has 4 nitrogen and oxygen atoms in total. The zero-order chi connectivity index (χ0) is 38.3. The number of allylic oxidation sites excluding steroid dienone is 9. The molecule has 10 rings (SSSR count). The van der Waals surface area contributed by atoms with Crippen molar-refractivity contribution in [2.24, 2.45) is 0 Å². The smallest absolute Gasteiger partial charge is 0.147 e. The van der Waals surface area contributed by atoms with Gasteiger partial charge in [0, 0.05) is 50.2 Å². The van der Waals surface area contributed by atoms with Gasteiger partial charge in [-0.05, 0) is 95.8 Å². The zero-order valence-corrected chi connectivity index (χ0v) is 32.3. The standard InChI is InChI=1S/C52H42N4/c1-7-17-34-28-41-50(53-44(34)10-4)38-26-25-33(29-48(38)56-47-24-15-14-22-45(47)54-51(41)56)32-19-16-20-35(27-32)55-46-23-13-11-12-21-37(46)40-30-39-36(18-8-2)42(9-3)52(5,6)43(39)31-49(40)55/h7-22,24-31H,1,3,23H2,2,4-6H3/b18-8-,34-17-,44-10+. The Labute approximate surface area is 326 Å². The average Bonchev–Trinajstić information content (AvgIpc) is 3.73. The number of aromatic nitrogens is 4. The minimum Gasteiger partial charge on any atom is -0.313 e. The lowest BCUT2D eigenvalue weighted by molar-refractivity contribution is 0.655. The highest BCUT2D eigenvalue weighted by molar-refractivity contribution is 6.12. The average molecular weight is 723 g/mol. The minimum atomic E-state index is -0.168. The Balaban J connectivity index is 1.22. The summed E-state index contributed by atoms with van der Waals surface area (Å²) in [5, 5.41) is 5.34. The molecule has 0 unspecified atom stereocenters. The van der Waals surface area contributed by atoms with Gasteiger partial charge in [0.2, 0.25) is 0 Å². The quantitative estimate of drug-likeness (QED) is 0.166. The molecule has 56 heavy (non-hydrogen) atoms. The molecule has 0 aliphatic heterocycles. The van der Waals surface area contributed by atoms with Gasteiger partial charge in [0.1, 0.15) is 5.65 Å². The van der Waals surface area contributed by atoms with Gasteiger partial charge in [-0.25, -0.2) is 9.97 Å². The number of para-hydroxylation sites is 2. The van der Waals surface area contributed by atoms with Crippen molar-refractivity contribution in [2.75, 3.05) is 0 Å². The van der Waals surface area contributed by atoms with Gasteiger partial charge in [0.25, 0.3) is 0 Å². The molecule has 0 N–H and O–H groups in total. The fraction of sp³-hybridized carbons (Fsp3) is 0.115. The van der Waals surface area contributed by atoms with E-state index >= 15 is 0 Å². The van der Waals surface area contributed by atoms with Crippen molar-refractivity contribution in [3.05, 3.63) is 179 Å². The van der Waals surface area contributed by atoms with Crippen molar-refractivity contribution in [1.82, 2.24) is 18.9 Å². The molecule has 4 aromatic heterocycles. The van der Waals surface area contributed by atoms with Crippen molar-refractivity contribution in [3.63, 3.8) is 0 Å². The molecule has 270 valence electrons. The summed E-state index contributed by atoms with van der Waals surface area (Å²) in [5.41, 5.74) is 17.2. The maximum Gasteiger partial charge on any atom is 0.147 e. The van der Waals surface area contributed by atoms with E-state index < -0.39 is 0 Å². The Morgan fingerprint density at radius 3 is 2.46 bits per heavy atom. The van der Waals surface area contributed by atoms with E-state index in [1.165, 1.54) is 44.4 Å². The highest BCUT2D eigenvalue weighted by Crippen LogP contribution is 2.50. The second-order valence-corrected chi connectivity index (χ2v) is 15.4. The second-order valence-electron chi connectivity index (χ2n) is 15.4. The molecular weight excluding hydrogens is 681 g/mol. The first kappa shape index (κ1) is 33.8. The summed E-state index contributed by atoms with van der Waals surface area (Å²) >= 11 is 0. The molecule has 0 fully saturated rings. The van der Waals surface area contributed by atoms with Crippen LogP contribution in [0, 0.1) is 0 Å². The van der Waals surface area contributed by atoms with Gasteiger partial charge in [-0.15, -0.1) is 0 Å². The Hall–Kier alpha value is -6.78. The van der Waals surface area contributed by atoms with E-state index in [1.807, 2.05) is 25.2 Å². The second kappa shape index (κ2) is 12.6.